The number of nitrogens with one attached hydrogen (secondary N) is 2. The number of pyridine rings is 1. The van der Waals surface area contributed by atoms with Crippen LogP contribution in [0, 0.1) is 6.92 Å². The van der Waals surface area contributed by atoms with E-state index in [4.69, 9.17) is 5.73 Å². The zero-order valence-corrected chi connectivity index (χ0v) is 19.7. The largest absolute Gasteiger partial charge is 0.383 e. The van der Waals surface area contributed by atoms with Gasteiger partial charge in [-0.05, 0) is 53.3 Å². The predicted octanol–water partition coefficient (Wildman–Crippen LogP) is 6.98. The van der Waals surface area contributed by atoms with Gasteiger partial charge < -0.3 is 16.4 Å². The van der Waals surface area contributed by atoms with Crippen molar-refractivity contribution < 1.29 is 9.59 Å². The van der Waals surface area contributed by atoms with Crippen molar-refractivity contribution in [2.75, 3.05) is 16.4 Å². The molecule has 0 aliphatic heterocycles. The molecule has 4 N–H and O–H groups in total. The number of aromatic nitrogens is 1. The number of amides is 2. The number of carbonyl (C=O) groups excluding carboxylic acids is 2. The maximum absolute atomic E-state index is 12.4. The summed E-state index contributed by atoms with van der Waals surface area (Å²) in [5.74, 6) is 0.462. The number of urea groups is 1. The number of nitrogens with two attached hydrogens (primary N) is 1. The van der Waals surface area contributed by atoms with Crippen LogP contribution in [0.25, 0.3) is 32.3 Å². The van der Waals surface area contributed by atoms with Crippen LogP contribution in [0.5, 0.6) is 0 Å². The molecule has 0 saturated heterocycles. The van der Waals surface area contributed by atoms with E-state index >= 15 is 0 Å². The van der Waals surface area contributed by atoms with Gasteiger partial charge in [0.1, 0.15) is 12.1 Å². The Morgan fingerprint density at radius 3 is 2.31 bits per heavy atom. The molecule has 0 unspecified atom stereocenters. The Balaban J connectivity index is 1.40. The fraction of sp³-hybridized carbons (Fsp3) is 0.0357. The summed E-state index contributed by atoms with van der Waals surface area (Å²) in [6.45, 7) is 1.98. The van der Waals surface area contributed by atoms with Gasteiger partial charge >= 0.3 is 6.03 Å². The molecule has 0 aliphatic carbocycles. The van der Waals surface area contributed by atoms with Crippen LogP contribution in [0.15, 0.2) is 84.4 Å². The molecule has 172 valence electrons. The third-order valence-corrected chi connectivity index (χ3v) is 6.73. The van der Waals surface area contributed by atoms with Crippen LogP contribution in [0.1, 0.15) is 15.9 Å². The second-order valence-corrected chi connectivity index (χ2v) is 9.06. The van der Waals surface area contributed by atoms with Crippen molar-refractivity contribution in [3.05, 3.63) is 95.5 Å². The van der Waals surface area contributed by atoms with Crippen molar-refractivity contribution in [2.24, 2.45) is 0 Å². The molecular formula is C28H22N4O2S. The summed E-state index contributed by atoms with van der Waals surface area (Å²) < 4.78 is 1.03. The quantitative estimate of drug-likeness (QED) is 0.237. The zero-order valence-electron chi connectivity index (χ0n) is 18.9. The number of anilines is 3. The van der Waals surface area contributed by atoms with Crippen LogP contribution in [0.2, 0.25) is 0 Å². The zero-order chi connectivity index (χ0) is 24.4. The molecule has 0 atom stereocenters. The van der Waals surface area contributed by atoms with Crippen molar-refractivity contribution in [2.45, 2.75) is 6.92 Å². The molecule has 5 rings (SSSR count). The number of hydrogen-bond acceptors (Lipinski definition) is 5. The Morgan fingerprint density at radius 1 is 0.914 bits per heavy atom. The normalized spacial score (nSPS) is 10.8. The first-order valence-electron chi connectivity index (χ1n) is 11.0. The number of nitrogen functional groups attached to an aromatic ring is 1. The summed E-state index contributed by atoms with van der Waals surface area (Å²) in [4.78, 5) is 27.8. The average molecular weight is 479 g/mol. The number of nitrogens with zero attached hydrogens (tertiary/aromatic N) is 1. The summed E-state index contributed by atoms with van der Waals surface area (Å²) in [5, 5.41) is 8.66. The maximum Gasteiger partial charge on any atom is 0.323 e. The summed E-state index contributed by atoms with van der Waals surface area (Å²) in [7, 11) is 0. The standard InChI is InChI=1S/C28H22N4O2S/c1-17-3-2-4-22(13-17)32-28(34)31-21-11-9-20(10-12-21)24-16-35-26-23(14-30-27(29)25(24)26)19-7-5-18(15-33)6-8-19/h2-16H,1H3,(H2,29,30)(H2,31,32,34). The molecule has 35 heavy (non-hydrogen) atoms. The third-order valence-electron chi connectivity index (χ3n) is 5.71. The summed E-state index contributed by atoms with van der Waals surface area (Å²) in [5.41, 5.74) is 13.3. The van der Waals surface area contributed by atoms with Crippen LogP contribution < -0.4 is 16.4 Å². The topological polar surface area (TPSA) is 97.1 Å². The molecule has 2 heterocycles. The molecule has 0 saturated carbocycles. The third kappa shape index (κ3) is 4.62. The van der Waals surface area contributed by atoms with Gasteiger partial charge in [0.15, 0.2) is 0 Å². The first-order valence-corrected chi connectivity index (χ1v) is 11.9. The van der Waals surface area contributed by atoms with Gasteiger partial charge in [0.05, 0.1) is 0 Å². The summed E-state index contributed by atoms with van der Waals surface area (Å²) >= 11 is 1.60. The smallest absolute Gasteiger partial charge is 0.323 e. The molecule has 0 fully saturated rings. The minimum absolute atomic E-state index is 0.303. The van der Waals surface area contributed by atoms with Gasteiger partial charge in [-0.1, -0.05) is 48.5 Å². The van der Waals surface area contributed by atoms with Crippen molar-refractivity contribution in [3.8, 4) is 22.3 Å². The van der Waals surface area contributed by atoms with E-state index in [0.29, 0.717) is 17.1 Å². The molecule has 0 bridgehead atoms. The lowest BCUT2D eigenvalue weighted by Crippen LogP contribution is -2.19. The van der Waals surface area contributed by atoms with E-state index in [1.807, 2.05) is 67.6 Å². The summed E-state index contributed by atoms with van der Waals surface area (Å²) in [6, 6.07) is 22.4. The van der Waals surface area contributed by atoms with Crippen LogP contribution in [-0.2, 0) is 0 Å². The van der Waals surface area contributed by atoms with Gasteiger partial charge in [-0.25, -0.2) is 9.78 Å². The van der Waals surface area contributed by atoms with E-state index in [9.17, 15) is 9.59 Å². The minimum atomic E-state index is -0.303. The second kappa shape index (κ2) is 9.40. The highest BCUT2D eigenvalue weighted by Gasteiger charge is 2.15. The molecule has 2 amide bonds. The minimum Gasteiger partial charge on any atom is -0.383 e. The van der Waals surface area contributed by atoms with E-state index in [0.717, 1.165) is 49.9 Å². The van der Waals surface area contributed by atoms with Crippen LogP contribution in [0.3, 0.4) is 0 Å². The lowest BCUT2D eigenvalue weighted by Gasteiger charge is -2.10. The fourth-order valence-electron chi connectivity index (χ4n) is 3.98. The molecule has 5 aromatic rings. The van der Waals surface area contributed by atoms with Crippen molar-refractivity contribution >= 4 is 50.9 Å². The number of carbonyl (C=O) groups is 2. The maximum atomic E-state index is 12.4. The Bertz CT molecular complexity index is 1540. The van der Waals surface area contributed by atoms with Gasteiger partial charge in [-0.2, -0.15) is 0 Å². The number of hydrogen-bond donors (Lipinski definition) is 3. The van der Waals surface area contributed by atoms with Gasteiger partial charge in [0.2, 0.25) is 0 Å². The predicted molar refractivity (Wildman–Crippen MR) is 144 cm³/mol. The number of fused-ring (bicyclic) bond motifs is 1. The molecule has 0 radical (unpaired) electrons. The lowest BCUT2D eigenvalue weighted by molar-refractivity contribution is 0.112. The van der Waals surface area contributed by atoms with Crippen molar-refractivity contribution in [1.29, 1.82) is 0 Å². The number of aryl methyl sites for hydroxylation is 1. The monoisotopic (exact) mass is 478 g/mol. The molecule has 7 heteroatoms. The second-order valence-electron chi connectivity index (χ2n) is 8.18. The first kappa shape index (κ1) is 22.3. The Kier molecular flexibility index (Phi) is 5.99. The SMILES string of the molecule is Cc1cccc(NC(=O)Nc2ccc(-c3csc4c(-c5ccc(C=O)cc5)cnc(N)c34)cc2)c1. The molecule has 2 aromatic heterocycles. The number of rotatable bonds is 5. The van der Waals surface area contributed by atoms with E-state index in [1.54, 1.807) is 29.7 Å². The van der Waals surface area contributed by atoms with E-state index < -0.39 is 0 Å². The van der Waals surface area contributed by atoms with Crippen LogP contribution in [-0.4, -0.2) is 17.3 Å². The number of benzene rings is 3. The van der Waals surface area contributed by atoms with Crippen LogP contribution >= 0.6 is 11.3 Å². The molecule has 0 aliphatic rings. The average Bonchev–Trinajstić information content (AvgIpc) is 3.31. The highest BCUT2D eigenvalue weighted by atomic mass is 32.1. The Morgan fingerprint density at radius 2 is 1.60 bits per heavy atom. The highest BCUT2D eigenvalue weighted by molar-refractivity contribution is 7.18. The summed E-state index contributed by atoms with van der Waals surface area (Å²) in [6.07, 6.45) is 2.60. The Labute approximate surface area is 206 Å². The molecule has 0 spiro atoms. The fourth-order valence-corrected chi connectivity index (χ4v) is 5.10. The van der Waals surface area contributed by atoms with E-state index in [-0.39, 0.29) is 6.03 Å². The van der Waals surface area contributed by atoms with Crippen molar-refractivity contribution in [3.63, 3.8) is 0 Å². The molecular weight excluding hydrogens is 456 g/mol. The van der Waals surface area contributed by atoms with Gasteiger partial charge in [-0.3, -0.25) is 4.79 Å². The first-order chi connectivity index (χ1) is 17.0. The lowest BCUT2D eigenvalue weighted by atomic mass is 10.0. The van der Waals surface area contributed by atoms with Gasteiger partial charge in [-0.15, -0.1) is 11.3 Å². The number of aldehydes is 1. The van der Waals surface area contributed by atoms with Gasteiger partial charge in [0.25, 0.3) is 0 Å². The van der Waals surface area contributed by atoms with Crippen molar-refractivity contribution in [1.82, 2.24) is 4.98 Å². The Hall–Kier alpha value is -4.49. The van der Waals surface area contributed by atoms with Gasteiger partial charge in [0, 0.05) is 44.3 Å². The molecule has 6 nitrogen and oxygen atoms in total. The van der Waals surface area contributed by atoms with E-state index in [2.05, 4.69) is 21.0 Å². The highest BCUT2D eigenvalue weighted by Crippen LogP contribution is 2.41. The molecule has 3 aromatic carbocycles. The number of thiophene rings is 1. The van der Waals surface area contributed by atoms with E-state index in [1.165, 1.54) is 0 Å². The van der Waals surface area contributed by atoms with Crippen LogP contribution in [0.4, 0.5) is 22.0 Å².